The van der Waals surface area contributed by atoms with Crippen molar-refractivity contribution in [3.63, 3.8) is 0 Å². The van der Waals surface area contributed by atoms with Crippen LogP contribution in [0.25, 0.3) is 4.85 Å². The Morgan fingerprint density at radius 2 is 1.97 bits per heavy atom. The number of primary amides is 1. The molecule has 10 nitrogen and oxygen atoms in total. The zero-order chi connectivity index (χ0) is 22.0. The van der Waals surface area contributed by atoms with Crippen molar-refractivity contribution in [2.45, 2.75) is 12.5 Å². The molecule has 1 aromatic carbocycles. The summed E-state index contributed by atoms with van der Waals surface area (Å²) in [5.41, 5.74) is 6.12. The number of carbonyl (C=O) groups is 2. The molecule has 4 rings (SSSR count). The molecule has 31 heavy (non-hydrogen) atoms. The van der Waals surface area contributed by atoms with Gasteiger partial charge >= 0.3 is 6.03 Å². The fraction of sp³-hybridized carbons (Fsp3) is 0.300. The minimum Gasteiger partial charge on any atom is -0.364 e. The minimum absolute atomic E-state index is 0.131. The predicted octanol–water partition coefficient (Wildman–Crippen LogP) is 1.94. The van der Waals surface area contributed by atoms with E-state index in [-0.39, 0.29) is 17.4 Å². The average molecular weight is 422 g/mol. The van der Waals surface area contributed by atoms with Crippen molar-refractivity contribution < 1.29 is 14.0 Å². The summed E-state index contributed by atoms with van der Waals surface area (Å²) < 4.78 is 13.9. The molecular weight excluding hydrogens is 403 g/mol. The maximum absolute atomic E-state index is 13.9. The van der Waals surface area contributed by atoms with Gasteiger partial charge in [-0.05, 0) is 23.8 Å². The minimum atomic E-state index is -0.630. The highest BCUT2D eigenvalue weighted by molar-refractivity contribution is 5.90. The topological polar surface area (TPSA) is 112 Å². The van der Waals surface area contributed by atoms with Crippen LogP contribution in [0, 0.1) is 12.4 Å². The smallest absolute Gasteiger partial charge is 0.341 e. The van der Waals surface area contributed by atoms with Crippen LogP contribution in [0.1, 0.15) is 28.5 Å². The lowest BCUT2D eigenvalue weighted by atomic mass is 10.0. The largest absolute Gasteiger partial charge is 0.364 e. The van der Waals surface area contributed by atoms with Gasteiger partial charge in [-0.2, -0.15) is 5.10 Å². The third-order valence-corrected chi connectivity index (χ3v) is 5.17. The van der Waals surface area contributed by atoms with Gasteiger partial charge in [-0.1, -0.05) is 6.07 Å². The van der Waals surface area contributed by atoms with Crippen LogP contribution in [0.2, 0.25) is 0 Å². The molecule has 3 amide bonds. The second-order valence-corrected chi connectivity index (χ2v) is 7.11. The number of rotatable bonds is 3. The van der Waals surface area contributed by atoms with Gasteiger partial charge in [0.2, 0.25) is 5.95 Å². The number of hydrogen-bond acceptors (Lipinski definition) is 6. The molecule has 0 unspecified atom stereocenters. The first kappa shape index (κ1) is 20.2. The summed E-state index contributed by atoms with van der Waals surface area (Å²) in [6.45, 7) is 8.87. The summed E-state index contributed by atoms with van der Waals surface area (Å²) in [5, 5.41) is 5.53. The number of hydrazone groups is 1. The maximum atomic E-state index is 13.9. The maximum Gasteiger partial charge on any atom is 0.341 e. The molecule has 0 bridgehead atoms. The molecule has 158 valence electrons. The van der Waals surface area contributed by atoms with Crippen molar-refractivity contribution >= 4 is 29.8 Å². The molecule has 0 saturated carbocycles. The fourth-order valence-corrected chi connectivity index (χ4v) is 3.61. The van der Waals surface area contributed by atoms with Gasteiger partial charge in [0.15, 0.2) is 5.69 Å². The van der Waals surface area contributed by atoms with Crippen LogP contribution in [-0.2, 0) is 0 Å². The van der Waals surface area contributed by atoms with E-state index in [0.717, 1.165) is 6.07 Å². The summed E-state index contributed by atoms with van der Waals surface area (Å²) in [5.74, 6) is -0.768. The number of urea groups is 1. The molecule has 2 aliphatic rings. The normalized spacial score (nSPS) is 18.2. The Morgan fingerprint density at radius 3 is 2.68 bits per heavy atom. The number of anilines is 1. The van der Waals surface area contributed by atoms with Crippen LogP contribution in [-0.4, -0.2) is 64.2 Å². The van der Waals surface area contributed by atoms with Gasteiger partial charge in [-0.3, -0.25) is 4.79 Å². The van der Waals surface area contributed by atoms with E-state index < -0.39 is 17.8 Å². The van der Waals surface area contributed by atoms with Crippen molar-refractivity contribution in [3.8, 4) is 0 Å². The first-order valence-corrected chi connectivity index (χ1v) is 9.62. The number of nitrogens with two attached hydrogens (primary N) is 1. The standard InChI is InChI=1S/C20H19FN8O2/c1-23-15-11-13(10-14(21)12-15)17-3-5-25-29(17)20(31)28-8-6-27(7-9-28)19-24-4-2-16(26-19)18(22)30/h2,4-5,10-12,17H,3,6-9H2,(H2,22,30)/t17-/m0/s1. The zero-order valence-electron chi connectivity index (χ0n) is 16.5. The number of amides is 3. The van der Waals surface area contributed by atoms with E-state index in [1.165, 1.54) is 23.3 Å². The Balaban J connectivity index is 1.44. The van der Waals surface area contributed by atoms with Crippen molar-refractivity contribution in [1.82, 2.24) is 19.9 Å². The van der Waals surface area contributed by atoms with Crippen molar-refractivity contribution in [1.29, 1.82) is 0 Å². The third kappa shape index (κ3) is 4.13. The molecular formula is C20H19FN8O2. The highest BCUT2D eigenvalue weighted by Crippen LogP contribution is 2.32. The van der Waals surface area contributed by atoms with Crippen LogP contribution < -0.4 is 10.6 Å². The summed E-state index contributed by atoms with van der Waals surface area (Å²) in [6, 6.07) is 4.76. The molecule has 1 saturated heterocycles. The molecule has 2 aromatic rings. The van der Waals surface area contributed by atoms with E-state index in [9.17, 15) is 14.0 Å². The first-order valence-electron chi connectivity index (χ1n) is 9.62. The van der Waals surface area contributed by atoms with E-state index in [4.69, 9.17) is 12.3 Å². The van der Waals surface area contributed by atoms with Crippen LogP contribution in [0.5, 0.6) is 0 Å². The highest BCUT2D eigenvalue weighted by Gasteiger charge is 2.33. The molecule has 0 aliphatic carbocycles. The van der Waals surface area contributed by atoms with Gasteiger partial charge in [0, 0.05) is 45.0 Å². The monoisotopic (exact) mass is 422 g/mol. The lowest BCUT2D eigenvalue weighted by molar-refractivity contribution is 0.0995. The Hall–Kier alpha value is -4.07. The van der Waals surface area contributed by atoms with E-state index in [1.807, 2.05) is 4.90 Å². The van der Waals surface area contributed by atoms with E-state index >= 15 is 0 Å². The van der Waals surface area contributed by atoms with Gasteiger partial charge < -0.3 is 15.5 Å². The quantitative estimate of drug-likeness (QED) is 0.760. The van der Waals surface area contributed by atoms with Crippen LogP contribution in [0.3, 0.4) is 0 Å². The second kappa shape index (κ2) is 8.35. The Morgan fingerprint density at radius 1 is 1.19 bits per heavy atom. The van der Waals surface area contributed by atoms with Gasteiger partial charge in [0.05, 0.1) is 12.6 Å². The molecule has 0 spiro atoms. The molecule has 1 aromatic heterocycles. The average Bonchev–Trinajstić information content (AvgIpc) is 3.28. The first-order chi connectivity index (χ1) is 15.0. The molecule has 0 radical (unpaired) electrons. The van der Waals surface area contributed by atoms with Crippen LogP contribution in [0.15, 0.2) is 35.6 Å². The van der Waals surface area contributed by atoms with Crippen molar-refractivity contribution in [2.24, 2.45) is 10.8 Å². The third-order valence-electron chi connectivity index (χ3n) is 5.17. The molecule has 1 fully saturated rings. The van der Waals surface area contributed by atoms with Crippen molar-refractivity contribution in [3.05, 3.63) is 59.0 Å². The summed E-state index contributed by atoms with van der Waals surface area (Å²) >= 11 is 0. The lowest BCUT2D eigenvalue weighted by Crippen LogP contribution is -2.52. The SMILES string of the molecule is [C-]#[N+]c1cc(F)cc([C@@H]2CC=NN2C(=O)N2CCN(c3nccc(C(N)=O)n3)CC2)c1. The number of carbonyl (C=O) groups excluding carboxylic acids is 2. The number of aromatic nitrogens is 2. The summed E-state index contributed by atoms with van der Waals surface area (Å²) in [4.78, 5) is 39.6. The van der Waals surface area contributed by atoms with Crippen LogP contribution in [0.4, 0.5) is 20.8 Å². The molecule has 11 heteroatoms. The zero-order valence-corrected chi connectivity index (χ0v) is 16.5. The number of piperazine rings is 1. The highest BCUT2D eigenvalue weighted by atomic mass is 19.1. The van der Waals surface area contributed by atoms with Gasteiger partial charge in [-0.25, -0.2) is 29.0 Å². The van der Waals surface area contributed by atoms with Gasteiger partial charge in [0.25, 0.3) is 5.91 Å². The Bertz CT molecular complexity index is 1090. The Kier molecular flexibility index (Phi) is 5.44. The molecule has 3 heterocycles. The number of hydrogen-bond donors (Lipinski definition) is 1. The van der Waals surface area contributed by atoms with E-state index in [2.05, 4.69) is 19.9 Å². The predicted molar refractivity (Wildman–Crippen MR) is 110 cm³/mol. The number of nitrogens with zero attached hydrogens (tertiary/aromatic N) is 7. The fourth-order valence-electron chi connectivity index (χ4n) is 3.61. The van der Waals surface area contributed by atoms with Crippen molar-refractivity contribution in [2.75, 3.05) is 31.1 Å². The van der Waals surface area contributed by atoms with E-state index in [0.29, 0.717) is 44.1 Å². The number of benzene rings is 1. The second-order valence-electron chi connectivity index (χ2n) is 7.11. The molecule has 2 N–H and O–H groups in total. The Labute approximate surface area is 177 Å². The van der Waals surface area contributed by atoms with Gasteiger partial charge in [-0.15, -0.1) is 0 Å². The summed E-state index contributed by atoms with van der Waals surface area (Å²) in [7, 11) is 0. The molecule has 2 aliphatic heterocycles. The van der Waals surface area contributed by atoms with Gasteiger partial charge in [0.1, 0.15) is 11.5 Å². The lowest BCUT2D eigenvalue weighted by Gasteiger charge is -2.37. The molecule has 1 atom stereocenters. The van der Waals surface area contributed by atoms with E-state index in [1.54, 1.807) is 17.2 Å². The number of halogens is 1. The summed E-state index contributed by atoms with van der Waals surface area (Å²) in [6.07, 6.45) is 3.53. The van der Waals surface area contributed by atoms with Crippen LogP contribution >= 0.6 is 0 Å².